The molecule has 1 atom stereocenters. The van der Waals surface area contributed by atoms with Gasteiger partial charge in [0, 0.05) is 10.3 Å². The summed E-state index contributed by atoms with van der Waals surface area (Å²) >= 11 is 2.90. The van der Waals surface area contributed by atoms with Crippen molar-refractivity contribution in [3.8, 4) is 0 Å². The molecule has 2 N–H and O–H groups in total. The highest BCUT2D eigenvalue weighted by Gasteiger charge is 2.18. The molecular weight excluding hydrogens is 444 g/mol. The highest BCUT2D eigenvalue weighted by Crippen LogP contribution is 2.31. The van der Waals surface area contributed by atoms with Crippen LogP contribution in [0.3, 0.4) is 0 Å². The van der Waals surface area contributed by atoms with Crippen molar-refractivity contribution in [3.05, 3.63) is 61.2 Å². The van der Waals surface area contributed by atoms with Crippen molar-refractivity contribution in [2.75, 3.05) is 0 Å². The van der Waals surface area contributed by atoms with Crippen LogP contribution in [0, 0.1) is 12.8 Å². The number of fused-ring (bicyclic) bond motifs is 4. The Hall–Kier alpha value is -2.91. The summed E-state index contributed by atoms with van der Waals surface area (Å²) in [5, 5.41) is 2.02. The molecule has 0 saturated heterocycles. The van der Waals surface area contributed by atoms with Crippen molar-refractivity contribution >= 4 is 55.4 Å². The summed E-state index contributed by atoms with van der Waals surface area (Å²) in [6.07, 6.45) is 1.95. The van der Waals surface area contributed by atoms with E-state index in [0.717, 1.165) is 33.5 Å². The van der Waals surface area contributed by atoms with Crippen LogP contribution < -0.4 is 11.1 Å². The lowest BCUT2D eigenvalue weighted by Crippen LogP contribution is -2.12. The Labute approximate surface area is 191 Å². The average Bonchev–Trinajstić information content (AvgIpc) is 3.30. The molecule has 1 aromatic carbocycles. The summed E-state index contributed by atoms with van der Waals surface area (Å²) in [6, 6.07) is 7.44. The van der Waals surface area contributed by atoms with E-state index in [2.05, 4.69) is 40.7 Å². The van der Waals surface area contributed by atoms with Gasteiger partial charge in [-0.3, -0.25) is 9.59 Å². The first-order valence-electron chi connectivity index (χ1n) is 10.5. The maximum atomic E-state index is 12.9. The third-order valence-corrected chi connectivity index (χ3v) is 7.64. The zero-order valence-corrected chi connectivity index (χ0v) is 19.6. The fourth-order valence-electron chi connectivity index (χ4n) is 3.81. The summed E-state index contributed by atoms with van der Waals surface area (Å²) in [7, 11) is 0. The highest BCUT2D eigenvalue weighted by atomic mass is 32.2. The summed E-state index contributed by atoms with van der Waals surface area (Å²) in [6.45, 7) is 6.41. The van der Waals surface area contributed by atoms with Crippen molar-refractivity contribution in [1.29, 1.82) is 0 Å². The maximum Gasteiger partial charge on any atom is 0.294 e. The Morgan fingerprint density at radius 3 is 2.78 bits per heavy atom. The lowest BCUT2D eigenvalue weighted by atomic mass is 9.98. The lowest BCUT2D eigenvalue weighted by Gasteiger charge is -2.08. The van der Waals surface area contributed by atoms with Crippen LogP contribution in [0.5, 0.6) is 0 Å². The SMILES string of the molecule is CCC(C)Cc1c(C)sc2nc(SCc3nc4c(oc5ccccc54)c(=O)[nH]3)[nH]c(=O)c12. The van der Waals surface area contributed by atoms with Crippen molar-refractivity contribution in [2.45, 2.75) is 44.5 Å². The fourth-order valence-corrected chi connectivity index (χ4v) is 5.66. The molecule has 5 rings (SSSR count). The second kappa shape index (κ2) is 8.22. The third kappa shape index (κ3) is 3.65. The van der Waals surface area contributed by atoms with Crippen LogP contribution in [-0.2, 0) is 12.2 Å². The van der Waals surface area contributed by atoms with Gasteiger partial charge < -0.3 is 14.4 Å². The molecule has 0 saturated carbocycles. The summed E-state index contributed by atoms with van der Waals surface area (Å²) < 4.78 is 5.64. The fraction of sp³-hybridized carbons (Fsp3) is 0.304. The van der Waals surface area contributed by atoms with Crippen molar-refractivity contribution in [2.24, 2.45) is 5.92 Å². The molecule has 5 aromatic rings. The number of nitrogens with one attached hydrogen (secondary N) is 2. The highest BCUT2D eigenvalue weighted by molar-refractivity contribution is 7.98. The maximum absolute atomic E-state index is 12.9. The van der Waals surface area contributed by atoms with Crippen molar-refractivity contribution in [3.63, 3.8) is 0 Å². The molecule has 4 aromatic heterocycles. The average molecular weight is 467 g/mol. The molecule has 32 heavy (non-hydrogen) atoms. The molecular formula is C23H22N4O3S2. The number of thiophene rings is 1. The Balaban J connectivity index is 1.46. The molecule has 4 heterocycles. The molecule has 0 aliphatic heterocycles. The van der Waals surface area contributed by atoms with Crippen LogP contribution in [0.15, 0.2) is 43.4 Å². The van der Waals surface area contributed by atoms with E-state index in [0.29, 0.717) is 39.1 Å². The van der Waals surface area contributed by atoms with Gasteiger partial charge >= 0.3 is 0 Å². The summed E-state index contributed by atoms with van der Waals surface area (Å²) in [5.74, 6) is 1.38. The first-order chi connectivity index (χ1) is 15.4. The summed E-state index contributed by atoms with van der Waals surface area (Å²) in [5.41, 5.74) is 2.06. The minimum atomic E-state index is -0.317. The van der Waals surface area contributed by atoms with E-state index in [1.807, 2.05) is 24.3 Å². The molecule has 0 bridgehead atoms. The van der Waals surface area contributed by atoms with E-state index in [4.69, 9.17) is 4.42 Å². The number of H-pyrrole nitrogens is 2. The van der Waals surface area contributed by atoms with Crippen LogP contribution in [0.2, 0.25) is 0 Å². The van der Waals surface area contributed by atoms with Crippen LogP contribution in [0.25, 0.3) is 32.3 Å². The van der Waals surface area contributed by atoms with Crippen molar-refractivity contribution < 1.29 is 4.42 Å². The predicted octanol–water partition coefficient (Wildman–Crippen LogP) is 5.16. The van der Waals surface area contributed by atoms with Crippen LogP contribution in [0.1, 0.15) is 36.5 Å². The largest absolute Gasteiger partial charge is 0.449 e. The molecule has 9 heteroatoms. The van der Waals surface area contributed by atoms with E-state index >= 15 is 0 Å². The van der Waals surface area contributed by atoms with Gasteiger partial charge in [0.25, 0.3) is 11.1 Å². The number of para-hydroxylation sites is 1. The van der Waals surface area contributed by atoms with Gasteiger partial charge in [0.2, 0.25) is 5.58 Å². The number of furan rings is 1. The molecule has 1 unspecified atom stereocenters. The van der Waals surface area contributed by atoms with E-state index in [-0.39, 0.29) is 16.7 Å². The number of aromatic amines is 2. The number of nitrogens with zero attached hydrogens (tertiary/aromatic N) is 2. The van der Waals surface area contributed by atoms with Crippen molar-refractivity contribution in [1.82, 2.24) is 19.9 Å². The second-order valence-corrected chi connectivity index (χ2v) is 10.2. The number of hydrogen-bond acceptors (Lipinski definition) is 7. The van der Waals surface area contributed by atoms with Crippen LogP contribution >= 0.6 is 23.1 Å². The van der Waals surface area contributed by atoms with Gasteiger partial charge in [-0.2, -0.15) is 0 Å². The Bertz CT molecular complexity index is 1580. The number of thioether (sulfide) groups is 1. The predicted molar refractivity (Wildman–Crippen MR) is 130 cm³/mol. The molecule has 0 aliphatic carbocycles. The summed E-state index contributed by atoms with van der Waals surface area (Å²) in [4.78, 5) is 42.2. The first kappa shape index (κ1) is 21.0. The smallest absolute Gasteiger partial charge is 0.294 e. The molecule has 7 nitrogen and oxygen atoms in total. The first-order valence-corrected chi connectivity index (χ1v) is 12.3. The van der Waals surface area contributed by atoms with Gasteiger partial charge in [-0.1, -0.05) is 44.2 Å². The molecule has 0 spiro atoms. The van der Waals surface area contributed by atoms with E-state index in [1.165, 1.54) is 11.8 Å². The van der Waals surface area contributed by atoms with E-state index in [1.54, 1.807) is 11.3 Å². The number of hydrogen-bond donors (Lipinski definition) is 2. The number of benzene rings is 1. The number of aryl methyl sites for hydroxylation is 1. The van der Waals surface area contributed by atoms with E-state index in [9.17, 15) is 9.59 Å². The molecule has 0 fully saturated rings. The topological polar surface area (TPSA) is 105 Å². The normalized spacial score (nSPS) is 12.8. The molecule has 0 aliphatic rings. The standard InChI is InChI=1S/C23H22N4O3S2/c1-4-11(2)9-14-12(3)32-22-17(14)20(28)26-23(27-22)31-10-16-24-18-13-7-5-6-8-15(13)30-19(18)21(29)25-16/h5-8,11H,4,9-10H2,1-3H3,(H,24,25,29)(H,26,27,28). The van der Waals surface area contributed by atoms with Gasteiger partial charge in [0.1, 0.15) is 21.8 Å². The van der Waals surface area contributed by atoms with Gasteiger partial charge in [-0.15, -0.1) is 11.3 Å². The zero-order chi connectivity index (χ0) is 22.4. The molecule has 0 amide bonds. The van der Waals surface area contributed by atoms with Gasteiger partial charge in [-0.05, 0) is 37.0 Å². The molecule has 0 radical (unpaired) electrons. The van der Waals surface area contributed by atoms with Crippen LogP contribution in [-0.4, -0.2) is 19.9 Å². The minimum Gasteiger partial charge on any atom is -0.449 e. The monoisotopic (exact) mass is 466 g/mol. The Morgan fingerprint density at radius 1 is 1.16 bits per heavy atom. The Kier molecular flexibility index (Phi) is 5.38. The lowest BCUT2D eigenvalue weighted by molar-refractivity contribution is 0.561. The minimum absolute atomic E-state index is 0.113. The number of aromatic nitrogens is 4. The zero-order valence-electron chi connectivity index (χ0n) is 17.9. The second-order valence-electron chi connectivity index (χ2n) is 7.98. The van der Waals surface area contributed by atoms with Gasteiger partial charge in [-0.25, -0.2) is 9.97 Å². The van der Waals surface area contributed by atoms with Crippen LogP contribution in [0.4, 0.5) is 0 Å². The Morgan fingerprint density at radius 2 is 1.97 bits per heavy atom. The molecule has 164 valence electrons. The number of rotatable bonds is 6. The quantitative estimate of drug-likeness (QED) is 0.265. The van der Waals surface area contributed by atoms with Gasteiger partial charge in [0.15, 0.2) is 5.16 Å². The van der Waals surface area contributed by atoms with E-state index < -0.39 is 0 Å². The van der Waals surface area contributed by atoms with Gasteiger partial charge in [0.05, 0.1) is 11.1 Å². The third-order valence-electron chi connectivity index (χ3n) is 5.72.